The van der Waals surface area contributed by atoms with E-state index in [1.807, 2.05) is 0 Å². The fourth-order valence-electron chi connectivity index (χ4n) is 8.61. The number of fused-ring (bicyclic) bond motifs is 9. The van der Waals surface area contributed by atoms with Crippen molar-refractivity contribution >= 4 is 60.7 Å². The van der Waals surface area contributed by atoms with Crippen LogP contribution >= 0.6 is 0 Å². The van der Waals surface area contributed by atoms with Crippen LogP contribution in [0.1, 0.15) is 30.6 Å². The molecular weight excluding hydrogens is 633 g/mol. The van der Waals surface area contributed by atoms with Crippen LogP contribution in [0.5, 0.6) is 0 Å². The summed E-state index contributed by atoms with van der Waals surface area (Å²) in [5, 5.41) is 6.23. The van der Waals surface area contributed by atoms with Crippen molar-refractivity contribution in [1.29, 1.82) is 0 Å². The minimum Gasteiger partial charge on any atom is -0.460 e. The second kappa shape index (κ2) is 11.2. The standard InChI is InChI=1S/C49H34N2O/c1-31-10-8-16-41-43-29-35(24-27-48(43)52-49(31)41)33-22-20-32(21-23-33)34-11-9-12-36(28-34)50-46-19-7-4-15-40(46)42-30-37(25-26-47(42)50)51-44-17-5-2-13-38(44)39-14-3-6-18-45(39)51/h2-9,11-31H,10H2,1H3. The van der Waals surface area contributed by atoms with Gasteiger partial charge in [-0.3, -0.25) is 0 Å². The number of aromatic nitrogens is 2. The zero-order valence-corrected chi connectivity index (χ0v) is 28.8. The van der Waals surface area contributed by atoms with Crippen LogP contribution in [-0.2, 0) is 0 Å². The molecule has 3 heteroatoms. The SMILES string of the molecule is CC1CC=Cc2c1oc1ccc(-c3ccc(-c4cccc(-n5c6ccccc6c6cc(-n7c8ccccc8c8ccccc87)ccc65)c4)cc3)cc21. The van der Waals surface area contributed by atoms with Gasteiger partial charge in [0.15, 0.2) is 0 Å². The number of para-hydroxylation sites is 3. The largest absolute Gasteiger partial charge is 0.460 e. The van der Waals surface area contributed by atoms with Gasteiger partial charge in [0.1, 0.15) is 11.3 Å². The van der Waals surface area contributed by atoms with Crippen LogP contribution < -0.4 is 0 Å². The molecule has 3 aromatic heterocycles. The van der Waals surface area contributed by atoms with Gasteiger partial charge in [0, 0.05) is 49.8 Å². The fraction of sp³-hybridized carbons (Fsp3) is 0.0612. The number of allylic oxidation sites excluding steroid dienone is 1. The zero-order valence-electron chi connectivity index (χ0n) is 28.8. The molecule has 0 radical (unpaired) electrons. The van der Waals surface area contributed by atoms with Crippen LogP contribution in [0.3, 0.4) is 0 Å². The van der Waals surface area contributed by atoms with Gasteiger partial charge in [0.05, 0.1) is 22.1 Å². The topological polar surface area (TPSA) is 23.0 Å². The van der Waals surface area contributed by atoms with Gasteiger partial charge in [-0.05, 0) is 89.3 Å². The lowest BCUT2D eigenvalue weighted by molar-refractivity contribution is 0.504. The molecule has 3 nitrogen and oxygen atoms in total. The van der Waals surface area contributed by atoms with E-state index in [0.29, 0.717) is 5.92 Å². The molecule has 52 heavy (non-hydrogen) atoms. The first-order valence-corrected chi connectivity index (χ1v) is 18.2. The van der Waals surface area contributed by atoms with E-state index >= 15 is 0 Å². The van der Waals surface area contributed by atoms with E-state index in [4.69, 9.17) is 4.42 Å². The summed E-state index contributed by atoms with van der Waals surface area (Å²) in [5.74, 6) is 1.52. The van der Waals surface area contributed by atoms with E-state index in [1.165, 1.54) is 82.5 Å². The second-order valence-electron chi connectivity index (χ2n) is 14.2. The van der Waals surface area contributed by atoms with Crippen molar-refractivity contribution in [2.75, 3.05) is 0 Å². The van der Waals surface area contributed by atoms with Crippen LogP contribution in [0.25, 0.3) is 94.3 Å². The molecule has 0 saturated carbocycles. The number of nitrogens with zero attached hydrogens (tertiary/aromatic N) is 2. The minimum atomic E-state index is 0.414. The maximum absolute atomic E-state index is 6.27. The fourth-order valence-corrected chi connectivity index (χ4v) is 8.61. The lowest BCUT2D eigenvalue weighted by Gasteiger charge is -2.12. The third kappa shape index (κ3) is 4.32. The van der Waals surface area contributed by atoms with Crippen molar-refractivity contribution in [2.45, 2.75) is 19.3 Å². The third-order valence-electron chi connectivity index (χ3n) is 11.1. The molecule has 0 amide bonds. The molecule has 0 aliphatic heterocycles. The molecule has 0 saturated heterocycles. The number of benzene rings is 7. The Labute approximate surface area is 301 Å². The molecule has 0 N–H and O–H groups in total. The monoisotopic (exact) mass is 666 g/mol. The molecule has 246 valence electrons. The number of rotatable bonds is 4. The molecule has 1 unspecified atom stereocenters. The Morgan fingerprint density at radius 3 is 1.69 bits per heavy atom. The molecule has 0 spiro atoms. The van der Waals surface area contributed by atoms with Crippen molar-refractivity contribution in [3.63, 3.8) is 0 Å². The Kier molecular flexibility index (Phi) is 6.29. The highest BCUT2D eigenvalue weighted by molar-refractivity contribution is 6.12. The number of furan rings is 1. The Morgan fingerprint density at radius 2 is 1.02 bits per heavy atom. The molecule has 1 aliphatic carbocycles. The van der Waals surface area contributed by atoms with Crippen LogP contribution in [0, 0.1) is 0 Å². The van der Waals surface area contributed by atoms with Gasteiger partial charge in [0.2, 0.25) is 0 Å². The highest BCUT2D eigenvalue weighted by Crippen LogP contribution is 2.40. The maximum Gasteiger partial charge on any atom is 0.134 e. The average Bonchev–Trinajstić information content (AvgIpc) is 3.86. The molecule has 1 aliphatic rings. The van der Waals surface area contributed by atoms with Crippen LogP contribution in [0.15, 0.2) is 168 Å². The summed E-state index contributed by atoms with van der Waals surface area (Å²) in [5.41, 5.74) is 14.1. The summed E-state index contributed by atoms with van der Waals surface area (Å²) >= 11 is 0. The van der Waals surface area contributed by atoms with Crippen molar-refractivity contribution in [1.82, 2.24) is 9.13 Å². The Balaban J connectivity index is 0.994. The zero-order chi connectivity index (χ0) is 34.3. The van der Waals surface area contributed by atoms with E-state index < -0.39 is 0 Å². The molecule has 0 bridgehead atoms. The summed E-state index contributed by atoms with van der Waals surface area (Å²) in [6.45, 7) is 2.24. The lowest BCUT2D eigenvalue weighted by Crippen LogP contribution is -1.96. The summed E-state index contributed by atoms with van der Waals surface area (Å²) in [6, 6.07) is 57.6. The first-order valence-electron chi connectivity index (χ1n) is 18.2. The third-order valence-corrected chi connectivity index (χ3v) is 11.1. The second-order valence-corrected chi connectivity index (χ2v) is 14.2. The number of hydrogen-bond donors (Lipinski definition) is 0. The van der Waals surface area contributed by atoms with Gasteiger partial charge in [-0.1, -0.05) is 116 Å². The molecule has 3 heterocycles. The predicted molar refractivity (Wildman–Crippen MR) is 218 cm³/mol. The quantitative estimate of drug-likeness (QED) is 0.183. The van der Waals surface area contributed by atoms with Crippen molar-refractivity contribution in [3.05, 3.63) is 175 Å². The summed E-state index contributed by atoms with van der Waals surface area (Å²) in [7, 11) is 0. The Morgan fingerprint density at radius 1 is 0.462 bits per heavy atom. The van der Waals surface area contributed by atoms with Gasteiger partial charge in [0.25, 0.3) is 0 Å². The Bertz CT molecular complexity index is 3000. The van der Waals surface area contributed by atoms with E-state index in [-0.39, 0.29) is 0 Å². The normalized spacial score (nSPS) is 14.3. The Hall–Kier alpha value is -6.58. The molecule has 11 rings (SSSR count). The molecule has 1 atom stereocenters. The van der Waals surface area contributed by atoms with E-state index in [1.54, 1.807) is 0 Å². The molecule has 7 aromatic carbocycles. The van der Waals surface area contributed by atoms with Gasteiger partial charge in [-0.25, -0.2) is 0 Å². The predicted octanol–water partition coefficient (Wildman–Crippen LogP) is 13.5. The highest BCUT2D eigenvalue weighted by Gasteiger charge is 2.21. The first kappa shape index (κ1) is 29.2. The molecule has 0 fully saturated rings. The summed E-state index contributed by atoms with van der Waals surface area (Å²) in [6.07, 6.45) is 5.52. The highest BCUT2D eigenvalue weighted by atomic mass is 16.3. The van der Waals surface area contributed by atoms with Crippen molar-refractivity contribution in [2.24, 2.45) is 0 Å². The van der Waals surface area contributed by atoms with E-state index in [9.17, 15) is 0 Å². The average molecular weight is 667 g/mol. The van der Waals surface area contributed by atoms with Crippen molar-refractivity contribution < 1.29 is 4.42 Å². The van der Waals surface area contributed by atoms with Gasteiger partial charge in [-0.15, -0.1) is 0 Å². The van der Waals surface area contributed by atoms with Gasteiger partial charge < -0.3 is 13.6 Å². The lowest BCUT2D eigenvalue weighted by atomic mass is 9.93. The van der Waals surface area contributed by atoms with E-state index in [0.717, 1.165) is 23.5 Å². The molecular formula is C49H34N2O. The first-order chi connectivity index (χ1) is 25.7. The van der Waals surface area contributed by atoms with Crippen LogP contribution in [0.2, 0.25) is 0 Å². The molecule has 10 aromatic rings. The summed E-state index contributed by atoms with van der Waals surface area (Å²) < 4.78 is 11.1. The minimum absolute atomic E-state index is 0.414. The van der Waals surface area contributed by atoms with Crippen LogP contribution in [-0.4, -0.2) is 9.13 Å². The smallest absolute Gasteiger partial charge is 0.134 e. The number of hydrogen-bond acceptors (Lipinski definition) is 1. The van der Waals surface area contributed by atoms with Crippen molar-refractivity contribution in [3.8, 4) is 33.6 Å². The van der Waals surface area contributed by atoms with Gasteiger partial charge in [-0.2, -0.15) is 0 Å². The van der Waals surface area contributed by atoms with Crippen LogP contribution in [0.4, 0.5) is 0 Å². The maximum atomic E-state index is 6.27. The van der Waals surface area contributed by atoms with Gasteiger partial charge >= 0.3 is 0 Å². The van der Waals surface area contributed by atoms with E-state index in [2.05, 4.69) is 186 Å². The summed E-state index contributed by atoms with van der Waals surface area (Å²) in [4.78, 5) is 0.